The van der Waals surface area contributed by atoms with Gasteiger partial charge >= 0.3 is 0 Å². The van der Waals surface area contributed by atoms with Crippen LogP contribution in [0, 0.1) is 0 Å². The summed E-state index contributed by atoms with van der Waals surface area (Å²) in [6.07, 6.45) is 1.61. The lowest BCUT2D eigenvalue weighted by molar-refractivity contribution is -0.126. The van der Waals surface area contributed by atoms with E-state index in [0.717, 1.165) is 4.88 Å². The fourth-order valence-electron chi connectivity index (χ4n) is 1.80. The molecule has 1 aliphatic heterocycles. The molecule has 0 saturated carbocycles. The normalized spacial score (nSPS) is 19.6. The van der Waals surface area contributed by atoms with Gasteiger partial charge in [-0.25, -0.2) is 0 Å². The van der Waals surface area contributed by atoms with E-state index in [1.165, 1.54) is 11.3 Å². The largest absolute Gasteiger partial charge is 0.381 e. The summed E-state index contributed by atoms with van der Waals surface area (Å²) in [7, 11) is 0. The first-order valence-corrected chi connectivity index (χ1v) is 6.44. The van der Waals surface area contributed by atoms with Crippen molar-refractivity contribution in [2.45, 2.75) is 24.8 Å². The molecule has 0 atom stereocenters. The Morgan fingerprint density at radius 3 is 2.75 bits per heavy atom. The molecule has 1 saturated heterocycles. The summed E-state index contributed by atoms with van der Waals surface area (Å²) in [6, 6.07) is 3.69. The summed E-state index contributed by atoms with van der Waals surface area (Å²) < 4.78 is 5.93. The lowest BCUT2D eigenvalue weighted by atomic mass is 9.85. The van der Waals surface area contributed by atoms with E-state index >= 15 is 0 Å². The summed E-state index contributed by atoms with van der Waals surface area (Å²) >= 11 is 7.26. The molecule has 2 N–H and O–H groups in total. The van der Waals surface area contributed by atoms with Crippen molar-refractivity contribution in [2.24, 2.45) is 5.73 Å². The highest BCUT2D eigenvalue weighted by molar-refractivity contribution is 7.16. The second-order valence-electron chi connectivity index (χ2n) is 4.07. The van der Waals surface area contributed by atoms with E-state index in [9.17, 15) is 4.79 Å². The summed E-state index contributed by atoms with van der Waals surface area (Å²) in [6.45, 7) is 1.15. The van der Waals surface area contributed by atoms with Crippen molar-refractivity contribution in [1.82, 2.24) is 0 Å². The highest BCUT2D eigenvalue weighted by atomic mass is 35.5. The van der Waals surface area contributed by atoms with Crippen LogP contribution in [-0.2, 0) is 16.0 Å². The molecule has 5 heteroatoms. The number of Topliss-reactive ketones (excluding diaryl/α,β-unsaturated/α-hetero) is 1. The highest BCUT2D eigenvalue weighted by Gasteiger charge is 2.35. The summed E-state index contributed by atoms with van der Waals surface area (Å²) in [4.78, 5) is 13.1. The van der Waals surface area contributed by atoms with Crippen molar-refractivity contribution < 1.29 is 9.53 Å². The molecular weight excluding hydrogens is 246 g/mol. The van der Waals surface area contributed by atoms with Crippen LogP contribution in [0.25, 0.3) is 0 Å². The number of nitrogens with two attached hydrogens (primary N) is 1. The minimum atomic E-state index is -0.700. The van der Waals surface area contributed by atoms with Gasteiger partial charge in [0.05, 0.1) is 9.88 Å². The number of hydrogen-bond donors (Lipinski definition) is 1. The van der Waals surface area contributed by atoms with Gasteiger partial charge in [-0.15, -0.1) is 11.3 Å². The molecule has 0 unspecified atom stereocenters. The average molecular weight is 260 g/mol. The molecule has 0 amide bonds. The van der Waals surface area contributed by atoms with E-state index in [0.29, 0.717) is 36.8 Å². The van der Waals surface area contributed by atoms with Gasteiger partial charge in [-0.2, -0.15) is 0 Å². The predicted octanol–water partition coefficient (Wildman–Crippen LogP) is 2.02. The smallest absolute Gasteiger partial charge is 0.157 e. The fourth-order valence-corrected chi connectivity index (χ4v) is 2.88. The number of hydrogen-bond acceptors (Lipinski definition) is 4. The molecule has 3 nitrogen and oxygen atoms in total. The van der Waals surface area contributed by atoms with Crippen LogP contribution in [0.5, 0.6) is 0 Å². The summed E-state index contributed by atoms with van der Waals surface area (Å²) in [5.74, 6) is 0.0920. The van der Waals surface area contributed by atoms with Crippen LogP contribution in [0.3, 0.4) is 0 Å². The molecule has 88 valence electrons. The zero-order valence-corrected chi connectivity index (χ0v) is 10.4. The van der Waals surface area contributed by atoms with E-state index in [1.54, 1.807) is 0 Å². The van der Waals surface area contributed by atoms with Gasteiger partial charge in [0.25, 0.3) is 0 Å². The molecule has 0 aliphatic carbocycles. The minimum Gasteiger partial charge on any atom is -0.381 e. The number of carbonyl (C=O) groups excluding carboxylic acids is 1. The van der Waals surface area contributed by atoms with E-state index in [4.69, 9.17) is 22.1 Å². The Morgan fingerprint density at radius 1 is 1.50 bits per heavy atom. The van der Waals surface area contributed by atoms with Crippen LogP contribution < -0.4 is 5.73 Å². The molecule has 1 aromatic heterocycles. The first kappa shape index (κ1) is 12.0. The zero-order chi connectivity index (χ0) is 11.6. The average Bonchev–Trinajstić information content (AvgIpc) is 2.65. The van der Waals surface area contributed by atoms with Crippen LogP contribution >= 0.6 is 22.9 Å². The van der Waals surface area contributed by atoms with Gasteiger partial charge in [0, 0.05) is 24.5 Å². The Morgan fingerprint density at radius 2 is 2.19 bits per heavy atom. The van der Waals surface area contributed by atoms with E-state index in [1.807, 2.05) is 12.1 Å². The Labute approximate surface area is 104 Å². The fraction of sp³-hybridized carbons (Fsp3) is 0.545. The SMILES string of the molecule is NC1(C(=O)Cc2ccc(Cl)s2)CCOCC1. The highest BCUT2D eigenvalue weighted by Crippen LogP contribution is 2.25. The topological polar surface area (TPSA) is 52.3 Å². The first-order valence-electron chi connectivity index (χ1n) is 5.24. The van der Waals surface area contributed by atoms with Crippen molar-refractivity contribution in [2.75, 3.05) is 13.2 Å². The number of thiophene rings is 1. The van der Waals surface area contributed by atoms with Gasteiger partial charge in [0.2, 0.25) is 0 Å². The maximum Gasteiger partial charge on any atom is 0.157 e. The first-order chi connectivity index (χ1) is 7.60. The minimum absolute atomic E-state index is 0.0920. The summed E-state index contributed by atoms with van der Waals surface area (Å²) in [5.41, 5.74) is 5.40. The molecule has 1 aliphatic rings. The number of ether oxygens (including phenoxy) is 1. The third-order valence-corrected chi connectivity index (χ3v) is 4.14. The molecule has 1 fully saturated rings. The molecule has 0 aromatic carbocycles. The predicted molar refractivity (Wildman–Crippen MR) is 65.0 cm³/mol. The van der Waals surface area contributed by atoms with Crippen molar-refractivity contribution in [3.63, 3.8) is 0 Å². The van der Waals surface area contributed by atoms with Crippen molar-refractivity contribution in [1.29, 1.82) is 0 Å². The number of ketones is 1. The van der Waals surface area contributed by atoms with Gasteiger partial charge in [0.15, 0.2) is 5.78 Å². The lowest BCUT2D eigenvalue weighted by Gasteiger charge is -2.31. The standard InChI is InChI=1S/C11H14ClNO2S/c12-10-2-1-8(16-10)7-9(14)11(13)3-5-15-6-4-11/h1-2H,3-7,13H2. The van der Waals surface area contributed by atoms with Gasteiger partial charge in [-0.3, -0.25) is 4.79 Å². The van der Waals surface area contributed by atoms with Crippen molar-refractivity contribution in [3.05, 3.63) is 21.3 Å². The van der Waals surface area contributed by atoms with Crippen LogP contribution in [0.2, 0.25) is 4.34 Å². The van der Waals surface area contributed by atoms with Crippen molar-refractivity contribution >= 4 is 28.7 Å². The second kappa shape index (κ2) is 4.84. The number of rotatable bonds is 3. The quantitative estimate of drug-likeness (QED) is 0.904. The van der Waals surface area contributed by atoms with Crippen molar-refractivity contribution in [3.8, 4) is 0 Å². The molecule has 2 heterocycles. The molecule has 0 bridgehead atoms. The molecular formula is C11H14ClNO2S. The Bertz CT molecular complexity index is 385. The Balaban J connectivity index is 2.01. The van der Waals surface area contributed by atoms with Gasteiger partial charge < -0.3 is 10.5 Å². The number of carbonyl (C=O) groups is 1. The Hall–Kier alpha value is -0.420. The summed E-state index contributed by atoms with van der Waals surface area (Å²) in [5, 5.41) is 0. The maximum absolute atomic E-state index is 12.1. The maximum atomic E-state index is 12.1. The van der Waals surface area contributed by atoms with Crippen LogP contribution in [0.1, 0.15) is 17.7 Å². The van der Waals surface area contributed by atoms with E-state index < -0.39 is 5.54 Å². The molecule has 0 radical (unpaired) electrons. The molecule has 16 heavy (non-hydrogen) atoms. The van der Waals surface area contributed by atoms with Gasteiger partial charge in [-0.1, -0.05) is 11.6 Å². The molecule has 0 spiro atoms. The Kier molecular flexibility index (Phi) is 3.64. The monoisotopic (exact) mass is 259 g/mol. The third-order valence-electron chi connectivity index (χ3n) is 2.90. The van der Waals surface area contributed by atoms with Crippen LogP contribution in [0.4, 0.5) is 0 Å². The van der Waals surface area contributed by atoms with E-state index in [-0.39, 0.29) is 5.78 Å². The third kappa shape index (κ3) is 2.63. The van der Waals surface area contributed by atoms with Gasteiger partial charge in [-0.05, 0) is 25.0 Å². The van der Waals surface area contributed by atoms with E-state index in [2.05, 4.69) is 0 Å². The zero-order valence-electron chi connectivity index (χ0n) is 8.87. The second-order valence-corrected chi connectivity index (χ2v) is 5.87. The lowest BCUT2D eigenvalue weighted by Crippen LogP contribution is -2.52. The molecule has 1 aromatic rings. The van der Waals surface area contributed by atoms with Crippen LogP contribution in [-0.4, -0.2) is 24.5 Å². The van der Waals surface area contributed by atoms with Gasteiger partial charge in [0.1, 0.15) is 0 Å². The van der Waals surface area contributed by atoms with Crippen LogP contribution in [0.15, 0.2) is 12.1 Å². The number of halogens is 1. The molecule has 2 rings (SSSR count).